The summed E-state index contributed by atoms with van der Waals surface area (Å²) in [7, 11) is 0. The molecule has 2 aromatic carbocycles. The highest BCUT2D eigenvalue weighted by Gasteiger charge is 2.43. The molecule has 38 heavy (non-hydrogen) atoms. The molecular formula is C28H34N6O4. The normalized spacial score (nSPS) is 18.8. The number of nitrogens with one attached hydrogen (secondary N) is 1. The Morgan fingerprint density at radius 3 is 2.32 bits per heavy atom. The fourth-order valence-electron chi connectivity index (χ4n) is 4.87. The fourth-order valence-corrected chi connectivity index (χ4v) is 4.87. The van der Waals surface area contributed by atoms with E-state index in [4.69, 9.17) is 5.73 Å². The number of carbonyl (C=O) groups is 3. The summed E-state index contributed by atoms with van der Waals surface area (Å²) in [5, 5.41) is 21.1. The molecule has 1 aromatic heterocycles. The number of hydrogen-bond donors (Lipinski definition) is 3. The van der Waals surface area contributed by atoms with Gasteiger partial charge in [-0.2, -0.15) is 0 Å². The summed E-state index contributed by atoms with van der Waals surface area (Å²) in [6.45, 7) is 5.55. The minimum atomic E-state index is -0.973. The number of nitrogens with two attached hydrogens (primary N) is 1. The standard InChI is InChI=1S/C28H34N6O4/c1-17(2)25(34-15-18(3)31-32-34)28(38)33-16-22(35)14-24(33)27(37)30-23(26(29)36)13-19-9-11-21(12-10-19)20-7-5-4-6-8-20/h4-12,15,17,22-25,35H,13-14,16H2,1-3H3,(H2,29,36)(H,30,37). The maximum atomic E-state index is 13.6. The lowest BCUT2D eigenvalue weighted by Crippen LogP contribution is -2.54. The lowest BCUT2D eigenvalue weighted by Gasteiger charge is -2.30. The summed E-state index contributed by atoms with van der Waals surface area (Å²) in [4.78, 5) is 40.5. The fraction of sp³-hybridized carbons (Fsp3) is 0.393. The molecule has 4 atom stereocenters. The van der Waals surface area contributed by atoms with Crippen LogP contribution in [-0.2, 0) is 20.8 Å². The summed E-state index contributed by atoms with van der Waals surface area (Å²) in [5.74, 6) is -1.69. The Balaban J connectivity index is 1.47. The molecule has 1 fully saturated rings. The maximum Gasteiger partial charge on any atom is 0.248 e. The predicted molar refractivity (Wildman–Crippen MR) is 141 cm³/mol. The van der Waals surface area contributed by atoms with Gasteiger partial charge in [-0.1, -0.05) is 73.7 Å². The number of aromatic nitrogens is 3. The van der Waals surface area contributed by atoms with Crippen molar-refractivity contribution in [1.29, 1.82) is 0 Å². The number of hydrogen-bond acceptors (Lipinski definition) is 6. The molecular weight excluding hydrogens is 484 g/mol. The molecule has 0 saturated carbocycles. The number of aliphatic hydroxyl groups is 1. The number of nitrogens with zero attached hydrogens (tertiary/aromatic N) is 4. The number of rotatable bonds is 9. The quantitative estimate of drug-likeness (QED) is 0.393. The molecule has 2 heterocycles. The molecule has 0 spiro atoms. The van der Waals surface area contributed by atoms with Crippen molar-refractivity contribution in [1.82, 2.24) is 25.2 Å². The lowest BCUT2D eigenvalue weighted by molar-refractivity contribution is -0.143. The zero-order valence-corrected chi connectivity index (χ0v) is 21.8. The Morgan fingerprint density at radius 2 is 1.74 bits per heavy atom. The summed E-state index contributed by atoms with van der Waals surface area (Å²) in [6, 6.07) is 15.0. The Labute approximate surface area is 221 Å². The summed E-state index contributed by atoms with van der Waals surface area (Å²) in [5.41, 5.74) is 9.24. The van der Waals surface area contributed by atoms with Gasteiger partial charge in [0.2, 0.25) is 17.7 Å². The van der Waals surface area contributed by atoms with Crippen LogP contribution in [0.25, 0.3) is 11.1 Å². The summed E-state index contributed by atoms with van der Waals surface area (Å²) in [6.07, 6.45) is 1.08. The first-order chi connectivity index (χ1) is 18.1. The van der Waals surface area contributed by atoms with E-state index in [2.05, 4.69) is 15.6 Å². The molecule has 1 aliphatic rings. The second kappa shape index (κ2) is 11.6. The highest BCUT2D eigenvalue weighted by molar-refractivity contribution is 5.93. The van der Waals surface area contributed by atoms with Crippen molar-refractivity contribution < 1.29 is 19.5 Å². The summed E-state index contributed by atoms with van der Waals surface area (Å²) < 4.78 is 1.49. The molecule has 0 radical (unpaired) electrons. The minimum Gasteiger partial charge on any atom is -0.391 e. The number of amides is 3. The van der Waals surface area contributed by atoms with Crippen molar-refractivity contribution >= 4 is 17.7 Å². The predicted octanol–water partition coefficient (Wildman–Crippen LogP) is 1.63. The van der Waals surface area contributed by atoms with Crippen LogP contribution >= 0.6 is 0 Å². The van der Waals surface area contributed by atoms with E-state index in [1.165, 1.54) is 9.58 Å². The van der Waals surface area contributed by atoms with Crippen molar-refractivity contribution in [2.24, 2.45) is 11.7 Å². The molecule has 3 aromatic rings. The van der Waals surface area contributed by atoms with E-state index < -0.39 is 36.0 Å². The smallest absolute Gasteiger partial charge is 0.248 e. The Kier molecular flexibility index (Phi) is 8.21. The van der Waals surface area contributed by atoms with E-state index in [1.54, 1.807) is 13.1 Å². The van der Waals surface area contributed by atoms with E-state index in [9.17, 15) is 19.5 Å². The third kappa shape index (κ3) is 6.08. The maximum absolute atomic E-state index is 13.6. The van der Waals surface area contributed by atoms with Gasteiger partial charge in [-0.3, -0.25) is 14.4 Å². The minimum absolute atomic E-state index is 0.00993. The molecule has 3 amide bonds. The molecule has 0 aliphatic carbocycles. The van der Waals surface area contributed by atoms with Gasteiger partial charge in [0.05, 0.1) is 11.8 Å². The van der Waals surface area contributed by atoms with Crippen molar-refractivity contribution in [2.75, 3.05) is 6.54 Å². The number of carbonyl (C=O) groups excluding carboxylic acids is 3. The van der Waals surface area contributed by atoms with Gasteiger partial charge in [-0.05, 0) is 29.5 Å². The van der Waals surface area contributed by atoms with Gasteiger partial charge in [0.15, 0.2) is 0 Å². The van der Waals surface area contributed by atoms with E-state index in [0.29, 0.717) is 5.69 Å². The molecule has 10 heteroatoms. The number of benzene rings is 2. The molecule has 200 valence electrons. The second-order valence-corrected chi connectivity index (χ2v) is 10.2. The van der Waals surface area contributed by atoms with Crippen LogP contribution in [0.1, 0.15) is 37.6 Å². The van der Waals surface area contributed by atoms with Crippen LogP contribution < -0.4 is 11.1 Å². The van der Waals surface area contributed by atoms with Crippen LogP contribution in [0.2, 0.25) is 0 Å². The lowest BCUT2D eigenvalue weighted by atomic mass is 10.00. The van der Waals surface area contributed by atoms with E-state index in [0.717, 1.165) is 16.7 Å². The van der Waals surface area contributed by atoms with Crippen molar-refractivity contribution in [3.63, 3.8) is 0 Å². The van der Waals surface area contributed by atoms with Gasteiger partial charge < -0.3 is 21.1 Å². The molecule has 0 bridgehead atoms. The van der Waals surface area contributed by atoms with Crippen molar-refractivity contribution in [3.8, 4) is 11.1 Å². The molecule has 4 rings (SSSR count). The third-order valence-corrected chi connectivity index (χ3v) is 6.82. The van der Waals surface area contributed by atoms with Crippen LogP contribution in [0.5, 0.6) is 0 Å². The SMILES string of the molecule is Cc1cn(C(C(=O)N2CC(O)CC2C(=O)NC(Cc2ccc(-c3ccccc3)cc2)C(N)=O)C(C)C)nn1. The molecule has 10 nitrogen and oxygen atoms in total. The van der Waals surface area contributed by atoms with Crippen LogP contribution in [0.4, 0.5) is 0 Å². The molecule has 4 N–H and O–H groups in total. The molecule has 1 aliphatic heterocycles. The zero-order valence-electron chi connectivity index (χ0n) is 21.8. The van der Waals surface area contributed by atoms with Gasteiger partial charge >= 0.3 is 0 Å². The number of likely N-dealkylation sites (tertiary alicyclic amines) is 1. The number of β-amino-alcohol motifs (C(OH)–C–C–N with tert-alkyl or cyclic N) is 1. The Hall–Kier alpha value is -4.05. The largest absolute Gasteiger partial charge is 0.391 e. The molecule has 4 unspecified atom stereocenters. The average molecular weight is 519 g/mol. The van der Waals surface area contributed by atoms with Gasteiger partial charge in [-0.15, -0.1) is 5.10 Å². The average Bonchev–Trinajstić information content (AvgIpc) is 3.49. The van der Waals surface area contributed by atoms with Crippen LogP contribution in [0, 0.1) is 12.8 Å². The first-order valence-electron chi connectivity index (χ1n) is 12.7. The first-order valence-corrected chi connectivity index (χ1v) is 12.7. The molecule has 1 saturated heterocycles. The zero-order chi connectivity index (χ0) is 27.4. The Morgan fingerprint density at radius 1 is 1.08 bits per heavy atom. The summed E-state index contributed by atoms with van der Waals surface area (Å²) >= 11 is 0. The highest BCUT2D eigenvalue weighted by atomic mass is 16.3. The van der Waals surface area contributed by atoms with Gasteiger partial charge in [0, 0.05) is 25.6 Å². The van der Waals surface area contributed by atoms with Crippen LogP contribution in [0.15, 0.2) is 60.8 Å². The topological polar surface area (TPSA) is 143 Å². The van der Waals surface area contributed by atoms with E-state index >= 15 is 0 Å². The van der Waals surface area contributed by atoms with Crippen LogP contribution in [0.3, 0.4) is 0 Å². The highest BCUT2D eigenvalue weighted by Crippen LogP contribution is 2.27. The van der Waals surface area contributed by atoms with Gasteiger partial charge in [0.1, 0.15) is 18.1 Å². The van der Waals surface area contributed by atoms with Crippen molar-refractivity contribution in [3.05, 3.63) is 72.1 Å². The van der Waals surface area contributed by atoms with Gasteiger partial charge in [-0.25, -0.2) is 4.68 Å². The Bertz CT molecular complexity index is 1270. The van der Waals surface area contributed by atoms with Crippen LogP contribution in [-0.4, -0.2) is 67.5 Å². The monoisotopic (exact) mass is 518 g/mol. The number of aliphatic hydroxyl groups excluding tert-OH is 1. The van der Waals surface area contributed by atoms with Gasteiger partial charge in [0.25, 0.3) is 0 Å². The number of primary amides is 1. The van der Waals surface area contributed by atoms with E-state index in [1.807, 2.05) is 68.4 Å². The second-order valence-electron chi connectivity index (χ2n) is 10.2. The first kappa shape index (κ1) is 27.0. The number of aryl methyl sites for hydroxylation is 1. The van der Waals surface area contributed by atoms with Crippen molar-refractivity contribution in [2.45, 2.75) is 57.8 Å². The third-order valence-electron chi connectivity index (χ3n) is 6.82. The van der Waals surface area contributed by atoms with E-state index in [-0.39, 0.29) is 31.2 Å².